The van der Waals surface area contributed by atoms with E-state index in [1.807, 2.05) is 6.92 Å². The van der Waals surface area contributed by atoms with Crippen molar-refractivity contribution in [1.82, 2.24) is 5.32 Å². The molecule has 114 valence electrons. The second-order valence-electron chi connectivity index (χ2n) is 6.33. The van der Waals surface area contributed by atoms with Crippen LogP contribution in [0.3, 0.4) is 0 Å². The van der Waals surface area contributed by atoms with Crippen molar-refractivity contribution in [3.05, 3.63) is 35.4 Å². The van der Waals surface area contributed by atoms with Gasteiger partial charge in [-0.15, -0.1) is 0 Å². The minimum atomic E-state index is -3.01. The average Bonchev–Trinajstić information content (AvgIpc) is 3.20. The van der Waals surface area contributed by atoms with Crippen LogP contribution in [0.1, 0.15) is 36.4 Å². The van der Waals surface area contributed by atoms with Gasteiger partial charge in [-0.1, -0.05) is 29.8 Å². The van der Waals surface area contributed by atoms with Crippen molar-refractivity contribution >= 4 is 15.7 Å². The maximum absolute atomic E-state index is 12.3. The molecule has 2 atom stereocenters. The third-order valence-electron chi connectivity index (χ3n) is 4.43. The summed E-state index contributed by atoms with van der Waals surface area (Å²) in [5, 5.41) is 3.09. The predicted molar refractivity (Wildman–Crippen MR) is 81.5 cm³/mol. The predicted octanol–water partition coefficient (Wildman–Crippen LogP) is 2.00. The molecule has 0 aromatic heterocycles. The molecular weight excluding hydrogens is 286 g/mol. The highest BCUT2D eigenvalue weighted by Gasteiger charge is 2.37. The number of hydrogen-bond acceptors (Lipinski definition) is 3. The summed E-state index contributed by atoms with van der Waals surface area (Å²) in [7, 11) is -3.01. The molecule has 0 radical (unpaired) electrons. The van der Waals surface area contributed by atoms with Crippen molar-refractivity contribution in [2.24, 2.45) is 11.8 Å². The molecule has 1 aliphatic carbocycles. The molecule has 1 aliphatic heterocycles. The quantitative estimate of drug-likeness (QED) is 0.925. The van der Waals surface area contributed by atoms with Crippen LogP contribution >= 0.6 is 0 Å². The molecule has 2 fully saturated rings. The van der Waals surface area contributed by atoms with Crippen LogP contribution in [-0.2, 0) is 14.6 Å². The number of rotatable bonds is 4. The number of aryl methyl sites for hydroxylation is 1. The molecule has 21 heavy (non-hydrogen) atoms. The molecule has 1 amide bonds. The number of hydrogen-bond donors (Lipinski definition) is 1. The Kier molecular flexibility index (Phi) is 3.78. The molecule has 1 aromatic rings. The van der Waals surface area contributed by atoms with E-state index < -0.39 is 9.84 Å². The molecule has 1 N–H and O–H groups in total. The second kappa shape index (κ2) is 5.44. The summed E-state index contributed by atoms with van der Waals surface area (Å²) in [4.78, 5) is 12.3. The summed E-state index contributed by atoms with van der Waals surface area (Å²) in [6.45, 7) is 2.04. The van der Waals surface area contributed by atoms with Crippen LogP contribution in [0.2, 0.25) is 0 Å². The number of nitrogens with one attached hydrogen (secondary N) is 1. The van der Waals surface area contributed by atoms with E-state index in [4.69, 9.17) is 0 Å². The minimum Gasteiger partial charge on any atom is -0.349 e. The van der Waals surface area contributed by atoms with Gasteiger partial charge in [0.25, 0.3) is 0 Å². The van der Waals surface area contributed by atoms with Crippen LogP contribution in [0.4, 0.5) is 0 Å². The maximum Gasteiger partial charge on any atom is 0.224 e. The molecule has 1 saturated carbocycles. The SMILES string of the molecule is Cc1ccc([C@@H](NC(=O)[C@H]2CCS(=O)(=O)C2)C2CC2)cc1. The topological polar surface area (TPSA) is 63.2 Å². The fourth-order valence-electron chi connectivity index (χ4n) is 2.95. The summed E-state index contributed by atoms with van der Waals surface area (Å²) in [5.41, 5.74) is 2.32. The molecule has 3 rings (SSSR count). The number of sulfone groups is 1. The van der Waals surface area contributed by atoms with Crippen LogP contribution in [-0.4, -0.2) is 25.8 Å². The van der Waals surface area contributed by atoms with E-state index in [0.29, 0.717) is 12.3 Å². The maximum atomic E-state index is 12.3. The largest absolute Gasteiger partial charge is 0.349 e. The standard InChI is InChI=1S/C16H21NO3S/c1-11-2-4-12(5-3-11)15(13-6-7-13)17-16(18)14-8-9-21(19,20)10-14/h2-5,13-15H,6-10H2,1H3,(H,17,18)/t14-,15+/m0/s1. The zero-order chi connectivity index (χ0) is 15.0. The highest BCUT2D eigenvalue weighted by atomic mass is 32.2. The molecule has 1 saturated heterocycles. The molecule has 4 nitrogen and oxygen atoms in total. The molecule has 0 spiro atoms. The van der Waals surface area contributed by atoms with Crippen molar-refractivity contribution in [3.63, 3.8) is 0 Å². The Morgan fingerprint density at radius 1 is 1.19 bits per heavy atom. The van der Waals surface area contributed by atoms with Gasteiger partial charge in [0, 0.05) is 0 Å². The first-order valence-electron chi connectivity index (χ1n) is 7.52. The molecular formula is C16H21NO3S. The first-order chi connectivity index (χ1) is 9.94. The lowest BCUT2D eigenvalue weighted by Crippen LogP contribution is -2.35. The number of benzene rings is 1. The van der Waals surface area contributed by atoms with E-state index >= 15 is 0 Å². The molecule has 1 heterocycles. The van der Waals surface area contributed by atoms with Gasteiger partial charge >= 0.3 is 0 Å². The molecule has 5 heteroatoms. The minimum absolute atomic E-state index is 0.00409. The van der Waals surface area contributed by atoms with Crippen molar-refractivity contribution < 1.29 is 13.2 Å². The van der Waals surface area contributed by atoms with Gasteiger partial charge in [0.1, 0.15) is 0 Å². The first-order valence-corrected chi connectivity index (χ1v) is 9.34. The zero-order valence-corrected chi connectivity index (χ0v) is 13.0. The third kappa shape index (κ3) is 3.46. The van der Waals surface area contributed by atoms with E-state index in [1.165, 1.54) is 5.56 Å². The summed E-state index contributed by atoms with van der Waals surface area (Å²) in [6.07, 6.45) is 2.71. The van der Waals surface area contributed by atoms with Gasteiger partial charge in [-0.05, 0) is 37.7 Å². The van der Waals surface area contributed by atoms with Crippen LogP contribution in [0.5, 0.6) is 0 Å². The van der Waals surface area contributed by atoms with Gasteiger partial charge in [0.05, 0.1) is 23.5 Å². The molecule has 2 aliphatic rings. The van der Waals surface area contributed by atoms with Crippen LogP contribution in [0.25, 0.3) is 0 Å². The number of carbonyl (C=O) groups excluding carboxylic acids is 1. The summed E-state index contributed by atoms with van der Waals surface area (Å²) < 4.78 is 23.0. The number of amides is 1. The lowest BCUT2D eigenvalue weighted by Gasteiger charge is -2.21. The van der Waals surface area contributed by atoms with E-state index in [2.05, 4.69) is 29.6 Å². The third-order valence-corrected chi connectivity index (χ3v) is 6.20. The molecule has 1 aromatic carbocycles. The number of carbonyl (C=O) groups is 1. The molecule has 0 bridgehead atoms. The van der Waals surface area contributed by atoms with Crippen molar-refractivity contribution in [2.45, 2.75) is 32.2 Å². The Labute approximate surface area is 125 Å². The lowest BCUT2D eigenvalue weighted by molar-refractivity contribution is -0.125. The van der Waals surface area contributed by atoms with Crippen molar-refractivity contribution in [1.29, 1.82) is 0 Å². The monoisotopic (exact) mass is 307 g/mol. The van der Waals surface area contributed by atoms with Gasteiger partial charge in [0.2, 0.25) is 5.91 Å². The van der Waals surface area contributed by atoms with Gasteiger partial charge in [0.15, 0.2) is 9.84 Å². The van der Waals surface area contributed by atoms with Gasteiger partial charge in [-0.2, -0.15) is 0 Å². The Hall–Kier alpha value is -1.36. The highest BCUT2D eigenvalue weighted by Crippen LogP contribution is 2.41. The van der Waals surface area contributed by atoms with E-state index in [9.17, 15) is 13.2 Å². The highest BCUT2D eigenvalue weighted by molar-refractivity contribution is 7.91. The summed E-state index contributed by atoms with van der Waals surface area (Å²) in [5.74, 6) is 0.165. The Bertz CT molecular complexity index is 632. The Morgan fingerprint density at radius 3 is 2.38 bits per heavy atom. The van der Waals surface area contributed by atoms with Crippen molar-refractivity contribution in [2.75, 3.05) is 11.5 Å². The smallest absolute Gasteiger partial charge is 0.224 e. The average molecular weight is 307 g/mol. The van der Waals surface area contributed by atoms with Crippen LogP contribution < -0.4 is 5.32 Å². The fraction of sp³-hybridized carbons (Fsp3) is 0.562. The van der Waals surface area contributed by atoms with Gasteiger partial charge in [-0.3, -0.25) is 4.79 Å². The van der Waals surface area contributed by atoms with Crippen molar-refractivity contribution in [3.8, 4) is 0 Å². The summed E-state index contributed by atoms with van der Waals surface area (Å²) in [6, 6.07) is 8.25. The van der Waals surface area contributed by atoms with Crippen LogP contribution in [0.15, 0.2) is 24.3 Å². The summed E-state index contributed by atoms with van der Waals surface area (Å²) >= 11 is 0. The van der Waals surface area contributed by atoms with Gasteiger partial charge in [-0.25, -0.2) is 8.42 Å². The van der Waals surface area contributed by atoms with E-state index in [-0.39, 0.29) is 29.4 Å². The Morgan fingerprint density at radius 2 is 1.86 bits per heavy atom. The lowest BCUT2D eigenvalue weighted by atomic mass is 9.99. The van der Waals surface area contributed by atoms with E-state index in [1.54, 1.807) is 0 Å². The van der Waals surface area contributed by atoms with Crippen LogP contribution in [0, 0.1) is 18.8 Å². The first kappa shape index (κ1) is 14.6. The fourth-order valence-corrected chi connectivity index (χ4v) is 4.69. The van der Waals surface area contributed by atoms with Gasteiger partial charge < -0.3 is 5.32 Å². The normalized spacial score (nSPS) is 25.5. The Balaban J connectivity index is 1.71. The molecule has 0 unspecified atom stereocenters. The zero-order valence-electron chi connectivity index (χ0n) is 12.2. The van der Waals surface area contributed by atoms with E-state index in [0.717, 1.165) is 18.4 Å². The second-order valence-corrected chi connectivity index (χ2v) is 8.56.